The zero-order chi connectivity index (χ0) is 27.0. The Kier molecular flexibility index (Phi) is 7.26. The summed E-state index contributed by atoms with van der Waals surface area (Å²) >= 11 is 0. The molecule has 0 unspecified atom stereocenters. The monoisotopic (exact) mass is 509 g/mol. The van der Waals surface area contributed by atoms with Crippen molar-refractivity contribution in [2.75, 3.05) is 0 Å². The summed E-state index contributed by atoms with van der Waals surface area (Å²) in [5.41, 5.74) is 7.24. The quantitative estimate of drug-likeness (QED) is 0.386. The highest BCUT2D eigenvalue weighted by Gasteiger charge is 2.33. The third kappa shape index (κ3) is 4.93. The van der Waals surface area contributed by atoms with Gasteiger partial charge in [-0.2, -0.15) is 0 Å². The standard InChI is InChI=1S/C32H35N3O3/c1-19-25-9-5-7-11-29(25)33-21(3)27(19)17-31(37)35(23-13-15-24(36)16-14-23)32(38)18-28-20(2)26-10-6-8-12-30(26)34-22(28)4/h5-12,23-24,36H,13-18H2,1-4H3. The van der Waals surface area contributed by atoms with Crippen LogP contribution in [-0.4, -0.2) is 43.9 Å². The van der Waals surface area contributed by atoms with Gasteiger partial charge in [-0.1, -0.05) is 36.4 Å². The summed E-state index contributed by atoms with van der Waals surface area (Å²) in [5, 5.41) is 12.1. The largest absolute Gasteiger partial charge is 0.393 e. The van der Waals surface area contributed by atoms with Crippen LogP contribution in [0.2, 0.25) is 0 Å². The molecule has 1 saturated carbocycles. The summed E-state index contributed by atoms with van der Waals surface area (Å²) in [6.45, 7) is 7.91. The molecular weight excluding hydrogens is 474 g/mol. The van der Waals surface area contributed by atoms with Gasteiger partial charge in [0, 0.05) is 28.2 Å². The average molecular weight is 510 g/mol. The molecular formula is C32H35N3O3. The van der Waals surface area contributed by atoms with E-state index in [2.05, 4.69) is 0 Å². The molecule has 4 aromatic rings. The number of imide groups is 1. The van der Waals surface area contributed by atoms with Crippen LogP contribution >= 0.6 is 0 Å². The number of benzene rings is 2. The fraction of sp³-hybridized carbons (Fsp3) is 0.375. The number of amides is 2. The van der Waals surface area contributed by atoms with Crippen LogP contribution in [0.3, 0.4) is 0 Å². The maximum absolute atomic E-state index is 13.9. The van der Waals surface area contributed by atoms with E-state index in [0.29, 0.717) is 25.7 Å². The van der Waals surface area contributed by atoms with Crippen molar-refractivity contribution in [3.8, 4) is 0 Å². The number of carbonyl (C=O) groups is 2. The van der Waals surface area contributed by atoms with Crippen molar-refractivity contribution >= 4 is 33.6 Å². The van der Waals surface area contributed by atoms with Crippen molar-refractivity contribution in [1.29, 1.82) is 0 Å². The zero-order valence-electron chi connectivity index (χ0n) is 22.6. The number of rotatable bonds is 5. The normalized spacial score (nSPS) is 17.6. The molecule has 1 aliphatic carbocycles. The second kappa shape index (κ2) is 10.6. The summed E-state index contributed by atoms with van der Waals surface area (Å²) in [4.78, 5) is 38.9. The third-order valence-corrected chi connectivity index (χ3v) is 8.20. The number of aryl methyl sites for hydroxylation is 4. The van der Waals surface area contributed by atoms with Crippen LogP contribution in [0.25, 0.3) is 21.8 Å². The second-order valence-corrected chi connectivity index (χ2v) is 10.6. The molecule has 5 rings (SSSR count). The van der Waals surface area contributed by atoms with E-state index in [1.54, 1.807) is 0 Å². The van der Waals surface area contributed by atoms with E-state index in [9.17, 15) is 14.7 Å². The molecule has 0 atom stereocenters. The van der Waals surface area contributed by atoms with Gasteiger partial charge in [0.1, 0.15) is 0 Å². The van der Waals surface area contributed by atoms with Gasteiger partial charge in [0.05, 0.1) is 30.0 Å². The van der Waals surface area contributed by atoms with Crippen molar-refractivity contribution in [1.82, 2.24) is 14.9 Å². The minimum atomic E-state index is -0.373. The molecule has 38 heavy (non-hydrogen) atoms. The third-order valence-electron chi connectivity index (χ3n) is 8.20. The smallest absolute Gasteiger partial charge is 0.233 e. The topological polar surface area (TPSA) is 83.4 Å². The second-order valence-electron chi connectivity index (χ2n) is 10.6. The number of aliphatic hydroxyl groups excluding tert-OH is 1. The Morgan fingerprint density at radius 1 is 0.737 bits per heavy atom. The van der Waals surface area contributed by atoms with Crippen LogP contribution in [0.5, 0.6) is 0 Å². The van der Waals surface area contributed by atoms with E-state index in [1.807, 2.05) is 76.2 Å². The van der Waals surface area contributed by atoms with Crippen molar-refractivity contribution < 1.29 is 14.7 Å². The highest BCUT2D eigenvalue weighted by molar-refractivity contribution is 5.99. The Labute approximate surface area is 223 Å². The molecule has 0 aliphatic heterocycles. The van der Waals surface area contributed by atoms with Gasteiger partial charge in [0.2, 0.25) is 11.8 Å². The first-order valence-corrected chi connectivity index (χ1v) is 13.5. The van der Waals surface area contributed by atoms with Gasteiger partial charge in [-0.05, 0) is 87.8 Å². The number of aromatic nitrogens is 2. The molecule has 1 N–H and O–H groups in total. The average Bonchev–Trinajstić information content (AvgIpc) is 2.90. The number of fused-ring (bicyclic) bond motifs is 2. The number of para-hydroxylation sites is 2. The zero-order valence-corrected chi connectivity index (χ0v) is 22.6. The number of pyridine rings is 2. The van der Waals surface area contributed by atoms with E-state index < -0.39 is 0 Å². The Hall–Kier alpha value is -3.64. The van der Waals surface area contributed by atoms with Gasteiger partial charge in [0.15, 0.2) is 0 Å². The van der Waals surface area contributed by atoms with E-state index in [4.69, 9.17) is 9.97 Å². The van der Waals surface area contributed by atoms with Gasteiger partial charge in [0.25, 0.3) is 0 Å². The Bertz CT molecular complexity index is 1430. The predicted molar refractivity (Wildman–Crippen MR) is 150 cm³/mol. The molecule has 0 saturated heterocycles. The number of hydrogen-bond acceptors (Lipinski definition) is 5. The van der Waals surface area contributed by atoms with Crippen molar-refractivity contribution in [3.05, 3.63) is 82.2 Å². The molecule has 2 aromatic heterocycles. The molecule has 0 bridgehead atoms. The molecule has 0 radical (unpaired) electrons. The first-order chi connectivity index (χ1) is 18.2. The summed E-state index contributed by atoms with van der Waals surface area (Å²) in [7, 11) is 0. The molecule has 2 aromatic carbocycles. The summed E-state index contributed by atoms with van der Waals surface area (Å²) in [6, 6.07) is 15.7. The number of hydrogen-bond donors (Lipinski definition) is 1. The van der Waals surface area contributed by atoms with E-state index in [0.717, 1.165) is 55.4 Å². The molecule has 1 fully saturated rings. The van der Waals surface area contributed by atoms with Crippen LogP contribution in [0.1, 0.15) is 59.3 Å². The maximum Gasteiger partial charge on any atom is 0.233 e. The highest BCUT2D eigenvalue weighted by Crippen LogP contribution is 2.29. The van der Waals surface area contributed by atoms with Gasteiger partial charge in [-0.15, -0.1) is 0 Å². The number of nitrogens with zero attached hydrogens (tertiary/aromatic N) is 3. The number of aliphatic hydroxyl groups is 1. The summed E-state index contributed by atoms with van der Waals surface area (Å²) in [5.74, 6) is -0.410. The highest BCUT2D eigenvalue weighted by atomic mass is 16.3. The van der Waals surface area contributed by atoms with E-state index in [1.165, 1.54) is 4.90 Å². The van der Waals surface area contributed by atoms with E-state index >= 15 is 0 Å². The Morgan fingerprint density at radius 3 is 1.61 bits per heavy atom. The lowest BCUT2D eigenvalue weighted by atomic mass is 9.90. The lowest BCUT2D eigenvalue weighted by molar-refractivity contribution is -0.148. The maximum atomic E-state index is 13.9. The summed E-state index contributed by atoms with van der Waals surface area (Å²) in [6.07, 6.45) is 2.27. The molecule has 0 spiro atoms. The molecule has 2 amide bonds. The fourth-order valence-corrected chi connectivity index (χ4v) is 6.00. The van der Waals surface area contributed by atoms with Gasteiger partial charge < -0.3 is 5.11 Å². The van der Waals surface area contributed by atoms with Gasteiger partial charge >= 0.3 is 0 Å². The van der Waals surface area contributed by atoms with E-state index in [-0.39, 0.29) is 36.8 Å². The van der Waals surface area contributed by atoms with Crippen LogP contribution in [0, 0.1) is 27.7 Å². The van der Waals surface area contributed by atoms with Crippen molar-refractivity contribution in [3.63, 3.8) is 0 Å². The first kappa shape index (κ1) is 26.0. The summed E-state index contributed by atoms with van der Waals surface area (Å²) < 4.78 is 0. The molecule has 6 heteroatoms. The first-order valence-electron chi connectivity index (χ1n) is 13.5. The van der Waals surface area contributed by atoms with Crippen molar-refractivity contribution in [2.24, 2.45) is 0 Å². The van der Waals surface area contributed by atoms with Crippen LogP contribution in [-0.2, 0) is 22.4 Å². The van der Waals surface area contributed by atoms with Gasteiger partial charge in [-0.3, -0.25) is 24.5 Å². The molecule has 2 heterocycles. The van der Waals surface area contributed by atoms with Gasteiger partial charge in [-0.25, -0.2) is 0 Å². The predicted octanol–water partition coefficient (Wildman–Crippen LogP) is 5.46. The Balaban J connectivity index is 1.49. The molecule has 196 valence electrons. The molecule has 1 aliphatic rings. The minimum Gasteiger partial charge on any atom is -0.393 e. The van der Waals surface area contributed by atoms with Crippen LogP contribution in [0.4, 0.5) is 0 Å². The fourth-order valence-electron chi connectivity index (χ4n) is 6.00. The lowest BCUT2D eigenvalue weighted by Gasteiger charge is -2.35. The van der Waals surface area contributed by atoms with Crippen molar-refractivity contribution in [2.45, 2.75) is 78.4 Å². The van der Waals surface area contributed by atoms with Crippen LogP contribution < -0.4 is 0 Å². The molecule has 6 nitrogen and oxygen atoms in total. The van der Waals surface area contributed by atoms with Crippen LogP contribution in [0.15, 0.2) is 48.5 Å². The Morgan fingerprint density at radius 2 is 1.16 bits per heavy atom. The lowest BCUT2D eigenvalue weighted by Crippen LogP contribution is -2.48. The number of carbonyl (C=O) groups excluding carboxylic acids is 2. The minimum absolute atomic E-state index is 0.119. The SMILES string of the molecule is Cc1nc2ccccc2c(C)c1CC(=O)N(C(=O)Cc1c(C)nc2ccccc2c1C)C1CCC(O)CC1.